The molecule has 7 nitrogen and oxygen atoms in total. The number of amides is 1. The Morgan fingerprint density at radius 2 is 0.857 bits per heavy atom. The molecule has 0 aromatic heterocycles. The minimum absolute atomic E-state index is 0.286. The highest BCUT2D eigenvalue weighted by Gasteiger charge is 2.28. The highest BCUT2D eigenvalue weighted by atomic mass is 32.2. The lowest BCUT2D eigenvalue weighted by Crippen LogP contribution is -2.50. The van der Waals surface area contributed by atoms with Gasteiger partial charge < -0.3 is 15.5 Å². The fraction of sp³-hybridized carbons (Fsp3) is 0.927. The lowest BCUT2D eigenvalue weighted by atomic mass is 10.0. The van der Waals surface area contributed by atoms with Crippen molar-refractivity contribution in [2.24, 2.45) is 0 Å². The normalized spacial score (nSPS) is 14.0. The molecular weight excluding hydrogens is 635 g/mol. The molecular formula is C41H81NO6S. The summed E-state index contributed by atoms with van der Waals surface area (Å²) in [6.45, 7) is 4.51. The Hall–Kier alpha value is -0.960. The molecule has 0 rings (SSSR count). The van der Waals surface area contributed by atoms with Gasteiger partial charge in [-0.1, -0.05) is 193 Å². The van der Waals surface area contributed by atoms with Gasteiger partial charge in [-0.05, 0) is 38.5 Å². The SMILES string of the molecule is CCCCCCCCCCC/C=C\CCCCCCC(O)C(=O)NC(CS(=O)(=O)O)C(O)CCCCCCCCCCCCCCCCC. The first kappa shape index (κ1) is 48.0. The van der Waals surface area contributed by atoms with Crippen LogP contribution in [0.4, 0.5) is 0 Å². The average Bonchev–Trinajstić information content (AvgIpc) is 3.06. The van der Waals surface area contributed by atoms with Gasteiger partial charge >= 0.3 is 0 Å². The van der Waals surface area contributed by atoms with Crippen LogP contribution in [0, 0.1) is 0 Å². The van der Waals surface area contributed by atoms with Crippen LogP contribution in [0.5, 0.6) is 0 Å². The third kappa shape index (κ3) is 35.2. The molecule has 4 N–H and O–H groups in total. The van der Waals surface area contributed by atoms with E-state index < -0.39 is 40.0 Å². The molecule has 8 heteroatoms. The Kier molecular flexibility index (Phi) is 34.7. The zero-order chi connectivity index (χ0) is 36.3. The van der Waals surface area contributed by atoms with Crippen LogP contribution in [-0.2, 0) is 14.9 Å². The molecule has 0 bridgehead atoms. The minimum Gasteiger partial charge on any atom is -0.391 e. The van der Waals surface area contributed by atoms with E-state index in [9.17, 15) is 28.0 Å². The summed E-state index contributed by atoms with van der Waals surface area (Å²) in [6, 6.07) is -1.15. The van der Waals surface area contributed by atoms with E-state index in [-0.39, 0.29) is 6.42 Å². The molecule has 3 atom stereocenters. The zero-order valence-electron chi connectivity index (χ0n) is 32.2. The van der Waals surface area contributed by atoms with Crippen molar-refractivity contribution in [2.75, 3.05) is 5.75 Å². The summed E-state index contributed by atoms with van der Waals surface area (Å²) in [7, 11) is -4.41. The van der Waals surface area contributed by atoms with Gasteiger partial charge in [-0.3, -0.25) is 9.35 Å². The maximum atomic E-state index is 12.6. The monoisotopic (exact) mass is 716 g/mol. The Morgan fingerprint density at radius 3 is 1.22 bits per heavy atom. The van der Waals surface area contributed by atoms with Crippen molar-refractivity contribution in [3.05, 3.63) is 12.2 Å². The topological polar surface area (TPSA) is 124 Å². The van der Waals surface area contributed by atoms with E-state index in [1.807, 2.05) is 0 Å². The molecule has 0 radical (unpaired) electrons. The number of unbranched alkanes of at least 4 members (excludes halogenated alkanes) is 27. The van der Waals surface area contributed by atoms with Crippen molar-refractivity contribution in [1.82, 2.24) is 5.32 Å². The number of hydrogen-bond donors (Lipinski definition) is 4. The number of nitrogens with one attached hydrogen (secondary N) is 1. The summed E-state index contributed by atoms with van der Waals surface area (Å²) in [5, 5.41) is 23.5. The van der Waals surface area contributed by atoms with Crippen molar-refractivity contribution >= 4 is 16.0 Å². The van der Waals surface area contributed by atoms with Crippen molar-refractivity contribution in [3.63, 3.8) is 0 Å². The first-order valence-corrected chi connectivity index (χ1v) is 22.6. The van der Waals surface area contributed by atoms with Crippen molar-refractivity contribution in [2.45, 2.75) is 238 Å². The molecule has 292 valence electrons. The highest BCUT2D eigenvalue weighted by Crippen LogP contribution is 2.16. The number of aliphatic hydroxyl groups is 2. The lowest BCUT2D eigenvalue weighted by molar-refractivity contribution is -0.131. The van der Waals surface area contributed by atoms with E-state index in [0.29, 0.717) is 19.3 Å². The maximum absolute atomic E-state index is 12.6. The van der Waals surface area contributed by atoms with Gasteiger partial charge in [0.2, 0.25) is 5.91 Å². The standard InChI is InChI=1S/C41H81NO6S/c1-3-5-7-9-11-13-15-17-19-20-22-24-26-28-30-32-34-36-40(44)41(45)42-38(37-49(46,47)48)39(43)35-33-31-29-27-25-23-21-18-16-14-12-10-8-6-4-2/h22,24,38-40,43-44H,3-21,23,25-37H2,1-2H3,(H,42,45)(H,46,47,48)/b24-22-. The largest absolute Gasteiger partial charge is 0.391 e. The van der Waals surface area contributed by atoms with Gasteiger partial charge in [-0.15, -0.1) is 0 Å². The Bertz CT molecular complexity index is 849. The summed E-state index contributed by atoms with van der Waals surface area (Å²) < 4.78 is 32.6. The second kappa shape index (κ2) is 35.4. The quantitative estimate of drug-likeness (QED) is 0.0286. The molecule has 1 amide bonds. The van der Waals surface area contributed by atoms with Crippen LogP contribution in [0.15, 0.2) is 12.2 Å². The van der Waals surface area contributed by atoms with Crippen LogP contribution >= 0.6 is 0 Å². The number of hydrogen-bond acceptors (Lipinski definition) is 5. The van der Waals surface area contributed by atoms with Crippen LogP contribution in [0.25, 0.3) is 0 Å². The highest BCUT2D eigenvalue weighted by molar-refractivity contribution is 7.85. The fourth-order valence-electron chi connectivity index (χ4n) is 6.57. The minimum atomic E-state index is -4.41. The second-order valence-corrected chi connectivity index (χ2v) is 16.3. The molecule has 0 aromatic carbocycles. The molecule has 0 aromatic rings. The van der Waals surface area contributed by atoms with Gasteiger partial charge in [0.25, 0.3) is 10.1 Å². The number of aliphatic hydroxyl groups excluding tert-OH is 2. The van der Waals surface area contributed by atoms with Gasteiger partial charge in [-0.25, -0.2) is 0 Å². The van der Waals surface area contributed by atoms with Gasteiger partial charge in [0.1, 0.15) is 6.10 Å². The van der Waals surface area contributed by atoms with Crippen LogP contribution in [-0.4, -0.2) is 53.1 Å². The van der Waals surface area contributed by atoms with Gasteiger partial charge in [0, 0.05) is 0 Å². The van der Waals surface area contributed by atoms with Crippen LogP contribution in [0.3, 0.4) is 0 Å². The van der Waals surface area contributed by atoms with Crippen LogP contribution in [0.1, 0.15) is 219 Å². The third-order valence-electron chi connectivity index (χ3n) is 9.83. The van der Waals surface area contributed by atoms with E-state index in [2.05, 4.69) is 31.3 Å². The smallest absolute Gasteiger partial charge is 0.266 e. The predicted octanol–water partition coefficient (Wildman–Crippen LogP) is 11.2. The molecule has 0 aliphatic heterocycles. The Balaban J connectivity index is 3.98. The predicted molar refractivity (Wildman–Crippen MR) is 209 cm³/mol. The van der Waals surface area contributed by atoms with E-state index >= 15 is 0 Å². The molecule has 0 spiro atoms. The van der Waals surface area contributed by atoms with Crippen molar-refractivity contribution in [3.8, 4) is 0 Å². The third-order valence-corrected chi connectivity index (χ3v) is 10.6. The molecule has 0 fully saturated rings. The summed E-state index contributed by atoms with van der Waals surface area (Å²) in [5.41, 5.74) is 0. The molecule has 0 saturated carbocycles. The first-order valence-electron chi connectivity index (χ1n) is 21.0. The summed E-state index contributed by atoms with van der Waals surface area (Å²) in [4.78, 5) is 12.6. The van der Waals surface area contributed by atoms with E-state index in [1.54, 1.807) is 0 Å². The average molecular weight is 716 g/mol. The zero-order valence-corrected chi connectivity index (χ0v) is 33.0. The van der Waals surface area contributed by atoms with Gasteiger partial charge in [-0.2, -0.15) is 8.42 Å². The van der Waals surface area contributed by atoms with E-state index in [1.165, 1.54) is 128 Å². The van der Waals surface area contributed by atoms with Crippen molar-refractivity contribution in [1.29, 1.82) is 0 Å². The molecule has 49 heavy (non-hydrogen) atoms. The lowest BCUT2D eigenvalue weighted by Gasteiger charge is -2.24. The Labute approximate surface area is 304 Å². The number of allylic oxidation sites excluding steroid dienone is 2. The molecule has 3 unspecified atom stereocenters. The van der Waals surface area contributed by atoms with Crippen LogP contribution in [0.2, 0.25) is 0 Å². The van der Waals surface area contributed by atoms with Crippen molar-refractivity contribution < 1.29 is 28.0 Å². The number of carbonyl (C=O) groups is 1. The Morgan fingerprint density at radius 1 is 0.531 bits per heavy atom. The van der Waals surface area contributed by atoms with Gasteiger partial charge in [0.15, 0.2) is 0 Å². The van der Waals surface area contributed by atoms with Gasteiger partial charge in [0.05, 0.1) is 17.9 Å². The van der Waals surface area contributed by atoms with E-state index in [0.717, 1.165) is 51.4 Å². The molecule has 0 aliphatic carbocycles. The molecule has 0 heterocycles. The van der Waals surface area contributed by atoms with E-state index in [4.69, 9.17) is 0 Å². The maximum Gasteiger partial charge on any atom is 0.266 e. The summed E-state index contributed by atoms with van der Waals surface area (Å²) >= 11 is 0. The molecule has 0 saturated heterocycles. The fourth-order valence-corrected chi connectivity index (χ4v) is 7.33. The second-order valence-electron chi connectivity index (χ2n) is 14.8. The number of rotatable bonds is 38. The summed E-state index contributed by atoms with van der Waals surface area (Å²) in [6.07, 6.45) is 39.4. The number of carbonyl (C=O) groups excluding carboxylic acids is 1. The summed E-state index contributed by atoms with van der Waals surface area (Å²) in [5.74, 6) is -1.46. The van der Waals surface area contributed by atoms with Crippen LogP contribution < -0.4 is 5.32 Å². The molecule has 0 aliphatic rings. The first-order chi connectivity index (χ1) is 23.7.